The number of ether oxygens (including phenoxy) is 1. The molecule has 19 heavy (non-hydrogen) atoms. The molecule has 1 aliphatic heterocycles. The average Bonchev–Trinajstić information content (AvgIpc) is 2.47. The number of fused-ring (bicyclic) bond motifs is 1. The van der Waals surface area contributed by atoms with Gasteiger partial charge in [0.25, 0.3) is 5.91 Å². The van der Waals surface area contributed by atoms with Crippen LogP contribution >= 0.6 is 0 Å². The van der Waals surface area contributed by atoms with Gasteiger partial charge < -0.3 is 9.64 Å². The molecule has 0 aliphatic carbocycles. The Morgan fingerprint density at radius 2 is 1.95 bits per heavy atom. The lowest BCUT2D eigenvalue weighted by Crippen LogP contribution is -2.38. The molecule has 3 nitrogen and oxygen atoms in total. The first-order chi connectivity index (χ1) is 9.25. The van der Waals surface area contributed by atoms with Crippen LogP contribution in [-0.2, 0) is 0 Å². The molecule has 0 aromatic heterocycles. The molecule has 0 spiro atoms. The minimum absolute atomic E-state index is 0.143. The lowest BCUT2D eigenvalue weighted by atomic mass is 10.1. The second kappa shape index (κ2) is 4.72. The molecule has 0 radical (unpaired) electrons. The Labute approximate surface area is 110 Å². The van der Waals surface area contributed by atoms with Crippen molar-refractivity contribution >= 4 is 11.6 Å². The molecular formula is C15H12FNO2. The van der Waals surface area contributed by atoms with Crippen molar-refractivity contribution in [2.45, 2.75) is 0 Å². The number of hydrogen-bond donors (Lipinski definition) is 0. The van der Waals surface area contributed by atoms with E-state index in [9.17, 15) is 9.18 Å². The molecule has 0 fully saturated rings. The maximum Gasteiger partial charge on any atom is 0.258 e. The topological polar surface area (TPSA) is 29.5 Å². The molecule has 0 bridgehead atoms. The zero-order chi connectivity index (χ0) is 13.2. The lowest BCUT2D eigenvalue weighted by molar-refractivity contribution is 0.0976. The SMILES string of the molecule is O=C(c1ccccc1)N1CCOc2ccc(F)cc21. The van der Waals surface area contributed by atoms with Gasteiger partial charge in [-0.15, -0.1) is 0 Å². The highest BCUT2D eigenvalue weighted by Crippen LogP contribution is 2.32. The Morgan fingerprint density at radius 1 is 1.16 bits per heavy atom. The number of nitrogens with zero attached hydrogens (tertiary/aromatic N) is 1. The third-order valence-corrected chi connectivity index (χ3v) is 3.05. The van der Waals surface area contributed by atoms with Crippen molar-refractivity contribution in [3.63, 3.8) is 0 Å². The number of benzene rings is 2. The molecule has 0 atom stereocenters. The quantitative estimate of drug-likeness (QED) is 0.786. The minimum atomic E-state index is -0.380. The molecule has 1 amide bonds. The van der Waals surface area contributed by atoms with Gasteiger partial charge in [-0.25, -0.2) is 4.39 Å². The van der Waals surface area contributed by atoms with Crippen molar-refractivity contribution in [1.29, 1.82) is 0 Å². The molecule has 0 saturated heterocycles. The molecule has 1 heterocycles. The smallest absolute Gasteiger partial charge is 0.258 e. The summed E-state index contributed by atoms with van der Waals surface area (Å²) in [5.41, 5.74) is 1.07. The lowest BCUT2D eigenvalue weighted by Gasteiger charge is -2.29. The van der Waals surface area contributed by atoms with E-state index < -0.39 is 0 Å². The van der Waals surface area contributed by atoms with Crippen molar-refractivity contribution in [2.24, 2.45) is 0 Å². The van der Waals surface area contributed by atoms with Gasteiger partial charge in [-0.3, -0.25) is 4.79 Å². The van der Waals surface area contributed by atoms with Crippen molar-refractivity contribution < 1.29 is 13.9 Å². The fourth-order valence-electron chi connectivity index (χ4n) is 2.14. The fraction of sp³-hybridized carbons (Fsp3) is 0.133. The Bertz CT molecular complexity index is 613. The summed E-state index contributed by atoms with van der Waals surface area (Å²) in [4.78, 5) is 14.0. The van der Waals surface area contributed by atoms with Crippen LogP contribution in [0.25, 0.3) is 0 Å². The highest BCUT2D eigenvalue weighted by molar-refractivity contribution is 6.07. The van der Waals surface area contributed by atoms with Crippen LogP contribution in [0, 0.1) is 5.82 Å². The monoisotopic (exact) mass is 257 g/mol. The van der Waals surface area contributed by atoms with Crippen LogP contribution in [-0.4, -0.2) is 19.1 Å². The van der Waals surface area contributed by atoms with E-state index >= 15 is 0 Å². The first-order valence-corrected chi connectivity index (χ1v) is 6.05. The van der Waals surface area contributed by atoms with Gasteiger partial charge in [0.05, 0.1) is 12.2 Å². The van der Waals surface area contributed by atoms with E-state index in [2.05, 4.69) is 0 Å². The van der Waals surface area contributed by atoms with Crippen molar-refractivity contribution in [2.75, 3.05) is 18.1 Å². The van der Waals surface area contributed by atoms with E-state index in [1.54, 1.807) is 35.2 Å². The maximum absolute atomic E-state index is 13.3. The summed E-state index contributed by atoms with van der Waals surface area (Å²) >= 11 is 0. The van der Waals surface area contributed by atoms with Crippen LogP contribution < -0.4 is 9.64 Å². The van der Waals surface area contributed by atoms with Gasteiger partial charge in [-0.2, -0.15) is 0 Å². The largest absolute Gasteiger partial charge is 0.490 e. The van der Waals surface area contributed by atoms with Crippen LogP contribution in [0.5, 0.6) is 5.75 Å². The van der Waals surface area contributed by atoms with Crippen molar-refractivity contribution in [3.05, 3.63) is 59.9 Å². The van der Waals surface area contributed by atoms with E-state index in [1.165, 1.54) is 12.1 Å². The maximum atomic E-state index is 13.3. The predicted molar refractivity (Wildman–Crippen MR) is 70.0 cm³/mol. The molecule has 0 saturated carbocycles. The number of halogens is 1. The molecule has 3 rings (SSSR count). The first-order valence-electron chi connectivity index (χ1n) is 6.05. The third-order valence-electron chi connectivity index (χ3n) is 3.05. The van der Waals surface area contributed by atoms with Gasteiger partial charge >= 0.3 is 0 Å². The van der Waals surface area contributed by atoms with Crippen molar-refractivity contribution in [3.8, 4) is 5.75 Å². The number of carbonyl (C=O) groups excluding carboxylic acids is 1. The summed E-state index contributed by atoms with van der Waals surface area (Å²) < 4.78 is 18.8. The Balaban J connectivity index is 2.00. The average molecular weight is 257 g/mol. The molecule has 96 valence electrons. The molecule has 0 unspecified atom stereocenters. The normalized spacial score (nSPS) is 13.6. The molecule has 2 aromatic rings. The number of amides is 1. The van der Waals surface area contributed by atoms with Gasteiger partial charge in [0.2, 0.25) is 0 Å². The summed E-state index contributed by atoms with van der Waals surface area (Å²) in [5.74, 6) is 0.0165. The van der Waals surface area contributed by atoms with E-state index in [4.69, 9.17) is 4.74 Å². The number of hydrogen-bond acceptors (Lipinski definition) is 2. The van der Waals surface area contributed by atoms with Crippen LogP contribution in [0.3, 0.4) is 0 Å². The van der Waals surface area contributed by atoms with Crippen LogP contribution in [0.15, 0.2) is 48.5 Å². The third kappa shape index (κ3) is 2.17. The molecule has 1 aliphatic rings. The van der Waals surface area contributed by atoms with Crippen LogP contribution in [0.1, 0.15) is 10.4 Å². The second-order valence-electron chi connectivity index (χ2n) is 4.28. The number of rotatable bonds is 1. The Morgan fingerprint density at radius 3 is 2.74 bits per heavy atom. The van der Waals surface area contributed by atoms with Crippen LogP contribution in [0.4, 0.5) is 10.1 Å². The predicted octanol–water partition coefficient (Wildman–Crippen LogP) is 2.86. The molecular weight excluding hydrogens is 245 g/mol. The second-order valence-corrected chi connectivity index (χ2v) is 4.28. The van der Waals surface area contributed by atoms with Crippen LogP contribution in [0.2, 0.25) is 0 Å². The van der Waals surface area contributed by atoms with Gasteiger partial charge in [0, 0.05) is 11.6 Å². The van der Waals surface area contributed by atoms with Gasteiger partial charge in [-0.1, -0.05) is 18.2 Å². The minimum Gasteiger partial charge on any atom is -0.490 e. The standard InChI is InChI=1S/C15H12FNO2/c16-12-6-7-14-13(10-12)17(8-9-19-14)15(18)11-4-2-1-3-5-11/h1-7,10H,8-9H2. The first kappa shape index (κ1) is 11.7. The summed E-state index contributed by atoms with van der Waals surface area (Å²) in [7, 11) is 0. The molecule has 2 aromatic carbocycles. The zero-order valence-electron chi connectivity index (χ0n) is 10.2. The van der Waals surface area contributed by atoms with Crippen molar-refractivity contribution in [1.82, 2.24) is 0 Å². The van der Waals surface area contributed by atoms with E-state index in [-0.39, 0.29) is 11.7 Å². The summed E-state index contributed by atoms with van der Waals surface area (Å²) in [6.07, 6.45) is 0. The highest BCUT2D eigenvalue weighted by Gasteiger charge is 2.24. The summed E-state index contributed by atoms with van der Waals surface area (Å²) in [6.45, 7) is 0.835. The van der Waals surface area contributed by atoms with Gasteiger partial charge in [0.15, 0.2) is 0 Å². The van der Waals surface area contributed by atoms with Gasteiger partial charge in [0.1, 0.15) is 18.2 Å². The van der Waals surface area contributed by atoms with E-state index in [1.807, 2.05) is 6.07 Å². The van der Waals surface area contributed by atoms with E-state index in [0.717, 1.165) is 0 Å². The highest BCUT2D eigenvalue weighted by atomic mass is 19.1. The summed E-state index contributed by atoms with van der Waals surface area (Å²) in [6, 6.07) is 13.2. The number of carbonyl (C=O) groups is 1. The van der Waals surface area contributed by atoms with E-state index in [0.29, 0.717) is 30.2 Å². The molecule has 0 N–H and O–H groups in total. The zero-order valence-corrected chi connectivity index (χ0v) is 10.2. The molecule has 4 heteroatoms. The summed E-state index contributed by atoms with van der Waals surface area (Å²) in [5, 5.41) is 0. The fourth-order valence-corrected chi connectivity index (χ4v) is 2.14. The van der Waals surface area contributed by atoms with Gasteiger partial charge in [-0.05, 0) is 24.3 Å². The number of anilines is 1. The Hall–Kier alpha value is -2.36. The Kier molecular flexibility index (Phi) is 2.91.